The molecule has 0 aliphatic rings. The minimum atomic E-state index is -0.664. The molecule has 0 rings (SSSR count). The van der Waals surface area contributed by atoms with Crippen molar-refractivity contribution >= 4 is 5.97 Å². The zero-order valence-electron chi connectivity index (χ0n) is 18.5. The van der Waals surface area contributed by atoms with Gasteiger partial charge in [-0.15, -0.1) is 0 Å². The fourth-order valence-electron chi connectivity index (χ4n) is 2.85. The van der Waals surface area contributed by atoms with Gasteiger partial charge in [-0.05, 0) is 32.1 Å². The molecule has 0 aliphatic carbocycles. The van der Waals surface area contributed by atoms with E-state index in [9.17, 15) is 4.79 Å². The van der Waals surface area contributed by atoms with Crippen LogP contribution in [0.25, 0.3) is 0 Å². The van der Waals surface area contributed by atoms with E-state index in [0.29, 0.717) is 6.42 Å². The number of rotatable bonds is 18. The molecule has 167 valence electrons. The summed E-state index contributed by atoms with van der Waals surface area (Å²) in [6, 6.07) is 0. The molecule has 0 spiro atoms. The molecule has 0 atom stereocenters. The van der Waals surface area contributed by atoms with Crippen molar-refractivity contribution in [1.29, 1.82) is 0 Å². The van der Waals surface area contributed by atoms with E-state index >= 15 is 0 Å². The maximum Gasteiger partial charge on any atom is 0.303 e. The second kappa shape index (κ2) is 30.5. The molecule has 0 saturated carbocycles. The third kappa shape index (κ3) is 37.2. The van der Waals surface area contributed by atoms with Crippen molar-refractivity contribution < 1.29 is 27.0 Å². The third-order valence-corrected chi connectivity index (χ3v) is 4.61. The Morgan fingerprint density at radius 2 is 0.926 bits per heavy atom. The van der Waals surface area contributed by atoms with Crippen molar-refractivity contribution in [3.05, 3.63) is 12.2 Å². The van der Waals surface area contributed by atoms with E-state index in [0.717, 1.165) is 12.8 Å². The van der Waals surface area contributed by atoms with E-state index in [-0.39, 0.29) is 17.1 Å². The fourth-order valence-corrected chi connectivity index (χ4v) is 2.85. The van der Waals surface area contributed by atoms with Gasteiger partial charge in [-0.25, -0.2) is 0 Å². The predicted octanol–water partition coefficient (Wildman–Crippen LogP) is 8.69. The van der Waals surface area contributed by atoms with Crippen molar-refractivity contribution in [3.8, 4) is 0 Å². The Hall–Kier alpha value is -0.271. The van der Waals surface area contributed by atoms with Gasteiger partial charge in [-0.1, -0.05) is 110 Å². The fraction of sp³-hybridized carbons (Fsp3) is 0.875. The predicted molar refractivity (Wildman–Crippen MR) is 117 cm³/mol. The van der Waals surface area contributed by atoms with Crippen LogP contribution in [0.1, 0.15) is 136 Å². The van der Waals surface area contributed by atoms with E-state index in [1.807, 2.05) is 0 Å². The Bertz CT molecular complexity index is 286. The van der Waals surface area contributed by atoms with Crippen LogP contribution in [0.3, 0.4) is 0 Å². The molecule has 0 aliphatic heterocycles. The Kier molecular flexibility index (Phi) is 35.4. The topological polar surface area (TPSA) is 37.3 Å². The summed E-state index contributed by atoms with van der Waals surface area (Å²) in [7, 11) is 0. The van der Waals surface area contributed by atoms with Crippen LogP contribution in [-0.4, -0.2) is 11.1 Å². The number of allylic oxidation sites excluding steroid dienone is 2. The second-order valence-electron chi connectivity index (χ2n) is 7.44. The van der Waals surface area contributed by atoms with Crippen LogP contribution in [0, 0.1) is 0 Å². The Balaban J connectivity index is -0.000000709. The number of carbonyl (C=O) groups is 1. The van der Waals surface area contributed by atoms with Gasteiger partial charge in [0.15, 0.2) is 0 Å². The van der Waals surface area contributed by atoms with Crippen LogP contribution < -0.4 is 0 Å². The van der Waals surface area contributed by atoms with Crippen molar-refractivity contribution in [1.82, 2.24) is 0 Å². The second-order valence-corrected chi connectivity index (χ2v) is 7.44. The average Bonchev–Trinajstić information content (AvgIpc) is 2.63. The zero-order chi connectivity index (χ0) is 19.7. The molecule has 0 aromatic carbocycles. The first kappa shape index (κ1) is 31.4. The molecule has 0 fully saturated rings. The normalized spacial score (nSPS) is 10.3. The van der Waals surface area contributed by atoms with Gasteiger partial charge in [-0.2, -0.15) is 0 Å². The minimum absolute atomic E-state index is 0. The molecule has 0 saturated heterocycles. The van der Waals surface area contributed by atoms with Crippen LogP contribution in [0.15, 0.2) is 12.2 Å². The molecule has 1 radical (unpaired) electrons. The summed E-state index contributed by atoms with van der Waals surface area (Å²) in [6.45, 7) is 6.72. The van der Waals surface area contributed by atoms with Crippen molar-refractivity contribution in [2.75, 3.05) is 0 Å². The molecule has 27 heavy (non-hydrogen) atoms. The number of hydrogen-bond donors (Lipinski definition) is 1. The summed E-state index contributed by atoms with van der Waals surface area (Å²) < 4.78 is 0. The molecule has 0 heterocycles. The number of hydrogen-bond acceptors (Lipinski definition) is 1. The van der Waals surface area contributed by atoms with Crippen LogP contribution in [-0.2, 0) is 21.9 Å². The Morgan fingerprint density at radius 3 is 1.33 bits per heavy atom. The molecular formula is C24H48CuO2. The summed E-state index contributed by atoms with van der Waals surface area (Å²) in [6.07, 6.45) is 26.8. The molecule has 0 aromatic heterocycles. The van der Waals surface area contributed by atoms with E-state index in [1.54, 1.807) is 0 Å². The average molecular weight is 432 g/mol. The third-order valence-electron chi connectivity index (χ3n) is 4.61. The smallest absolute Gasteiger partial charge is 0.303 e. The standard InChI is InChI=1S/C18H34O2.C6H14.Cu/c1-2-3-4-5-6-7-8-9-10-11-12-13-14-15-16-17-18(19)20;1-3-5-6-4-2;/h9-10H,2-8,11-17H2,1H3,(H,19,20);3-6H2,1-2H3;/b10-9-;;. The van der Waals surface area contributed by atoms with E-state index < -0.39 is 5.97 Å². The first-order valence-corrected chi connectivity index (χ1v) is 11.6. The number of carboxylic acid groups (broad SMARTS) is 1. The number of carboxylic acids is 1. The molecule has 0 unspecified atom stereocenters. The van der Waals surface area contributed by atoms with Crippen molar-refractivity contribution in [2.24, 2.45) is 0 Å². The van der Waals surface area contributed by atoms with Crippen molar-refractivity contribution in [2.45, 2.75) is 136 Å². The van der Waals surface area contributed by atoms with Gasteiger partial charge in [0.1, 0.15) is 0 Å². The first-order valence-electron chi connectivity index (χ1n) is 11.6. The van der Waals surface area contributed by atoms with Gasteiger partial charge < -0.3 is 5.11 Å². The van der Waals surface area contributed by atoms with Gasteiger partial charge in [0, 0.05) is 23.5 Å². The van der Waals surface area contributed by atoms with Crippen LogP contribution in [0.2, 0.25) is 0 Å². The van der Waals surface area contributed by atoms with E-state index in [2.05, 4.69) is 32.9 Å². The minimum Gasteiger partial charge on any atom is -0.481 e. The number of unbranched alkanes of at least 4 members (excludes halogenated alkanes) is 14. The first-order chi connectivity index (χ1) is 12.7. The van der Waals surface area contributed by atoms with Gasteiger partial charge in [-0.3, -0.25) is 4.79 Å². The van der Waals surface area contributed by atoms with Crippen LogP contribution in [0.5, 0.6) is 0 Å². The number of aliphatic carboxylic acids is 1. The van der Waals surface area contributed by atoms with Gasteiger partial charge >= 0.3 is 5.97 Å². The largest absolute Gasteiger partial charge is 0.481 e. The molecule has 0 aromatic rings. The van der Waals surface area contributed by atoms with E-state index in [4.69, 9.17) is 5.11 Å². The Labute approximate surface area is 181 Å². The molecular weight excluding hydrogens is 384 g/mol. The zero-order valence-corrected chi connectivity index (χ0v) is 19.5. The summed E-state index contributed by atoms with van der Waals surface area (Å²) in [5.74, 6) is -0.664. The molecule has 3 heteroatoms. The molecule has 2 nitrogen and oxygen atoms in total. The molecule has 1 N–H and O–H groups in total. The van der Waals surface area contributed by atoms with E-state index in [1.165, 1.54) is 96.3 Å². The molecule has 0 bridgehead atoms. The SMILES string of the molecule is CCCCCC.CCCCCCCC/C=C\CCCCCCCC(=O)O.[Cu]. The van der Waals surface area contributed by atoms with Gasteiger partial charge in [0.05, 0.1) is 0 Å². The summed E-state index contributed by atoms with van der Waals surface area (Å²) >= 11 is 0. The summed E-state index contributed by atoms with van der Waals surface area (Å²) in [4.78, 5) is 10.3. The molecule has 0 amide bonds. The Morgan fingerprint density at radius 1 is 0.593 bits per heavy atom. The van der Waals surface area contributed by atoms with Crippen LogP contribution >= 0.6 is 0 Å². The van der Waals surface area contributed by atoms with Crippen LogP contribution in [0.4, 0.5) is 0 Å². The monoisotopic (exact) mass is 431 g/mol. The maximum absolute atomic E-state index is 10.3. The summed E-state index contributed by atoms with van der Waals surface area (Å²) in [5.41, 5.74) is 0. The quantitative estimate of drug-likeness (QED) is 0.134. The van der Waals surface area contributed by atoms with Gasteiger partial charge in [0.25, 0.3) is 0 Å². The summed E-state index contributed by atoms with van der Waals surface area (Å²) in [5, 5.41) is 8.51. The van der Waals surface area contributed by atoms with Crippen molar-refractivity contribution in [3.63, 3.8) is 0 Å². The van der Waals surface area contributed by atoms with Gasteiger partial charge in [0.2, 0.25) is 0 Å². The maximum atomic E-state index is 10.3.